The van der Waals surface area contributed by atoms with E-state index in [-0.39, 0.29) is 17.1 Å². The van der Waals surface area contributed by atoms with Crippen LogP contribution >= 0.6 is 0 Å². The Bertz CT molecular complexity index is 648. The summed E-state index contributed by atoms with van der Waals surface area (Å²) in [5, 5.41) is 9.77. The Labute approximate surface area is 131 Å². The van der Waals surface area contributed by atoms with Crippen LogP contribution in [0.3, 0.4) is 0 Å². The molecule has 1 fully saturated rings. The van der Waals surface area contributed by atoms with E-state index in [9.17, 15) is 14.7 Å². The van der Waals surface area contributed by atoms with Gasteiger partial charge in [-0.3, -0.25) is 9.59 Å². The third-order valence-corrected chi connectivity index (χ3v) is 6.25. The van der Waals surface area contributed by atoms with Crippen LogP contribution in [0, 0.1) is 11.3 Å². The Morgan fingerprint density at radius 3 is 2.59 bits per heavy atom. The van der Waals surface area contributed by atoms with Crippen LogP contribution in [0.15, 0.2) is 18.2 Å². The number of aryl methyl sites for hydroxylation is 1. The highest BCUT2D eigenvalue weighted by atomic mass is 16.4. The summed E-state index contributed by atoms with van der Waals surface area (Å²) in [7, 11) is 0. The maximum Gasteiger partial charge on any atom is 0.309 e. The van der Waals surface area contributed by atoms with Gasteiger partial charge in [0, 0.05) is 5.56 Å². The van der Waals surface area contributed by atoms with E-state index in [0.29, 0.717) is 0 Å². The maximum absolute atomic E-state index is 11.9. The minimum Gasteiger partial charge on any atom is -0.481 e. The number of carboxylic acids is 1. The highest BCUT2D eigenvalue weighted by Gasteiger charge is 2.55. The second-order valence-electron chi connectivity index (χ2n) is 7.51. The molecular formula is C19H24O3. The van der Waals surface area contributed by atoms with E-state index in [1.807, 2.05) is 19.1 Å². The molecule has 0 amide bonds. The van der Waals surface area contributed by atoms with Crippen molar-refractivity contribution in [2.45, 2.75) is 58.3 Å². The van der Waals surface area contributed by atoms with E-state index >= 15 is 0 Å². The SMILES string of the molecule is CC(=O)c1ccc2c(c1)CC[C@@H]1[C@](C)(C(=O)O)CCC[C@@]21C. The van der Waals surface area contributed by atoms with Gasteiger partial charge >= 0.3 is 5.97 Å². The average Bonchev–Trinajstić information content (AvgIpc) is 2.46. The number of benzene rings is 1. The van der Waals surface area contributed by atoms with Gasteiger partial charge in [0.1, 0.15) is 0 Å². The molecule has 0 aliphatic heterocycles. The lowest BCUT2D eigenvalue weighted by molar-refractivity contribution is -0.157. The van der Waals surface area contributed by atoms with Crippen LogP contribution in [0.2, 0.25) is 0 Å². The lowest BCUT2D eigenvalue weighted by Gasteiger charge is -2.53. The molecule has 2 aliphatic rings. The molecule has 1 N–H and O–H groups in total. The standard InChI is InChI=1S/C19H24O3/c1-12(20)13-5-7-15-14(11-13)6-8-16-18(15,2)9-4-10-19(16,3)17(21)22/h5,7,11,16H,4,6,8-10H2,1-3H3,(H,21,22)/t16-,18-,19+/m0/s1. The van der Waals surface area contributed by atoms with Crippen LogP contribution in [0.1, 0.15) is 67.9 Å². The second-order valence-corrected chi connectivity index (χ2v) is 7.51. The summed E-state index contributed by atoms with van der Waals surface area (Å²) in [6.07, 6.45) is 4.52. The van der Waals surface area contributed by atoms with Crippen LogP contribution in [-0.2, 0) is 16.6 Å². The fourth-order valence-corrected chi connectivity index (χ4v) is 4.97. The number of rotatable bonds is 2. The number of carbonyl (C=O) groups is 2. The van der Waals surface area contributed by atoms with Crippen molar-refractivity contribution >= 4 is 11.8 Å². The molecule has 3 nitrogen and oxygen atoms in total. The molecule has 118 valence electrons. The van der Waals surface area contributed by atoms with E-state index in [0.717, 1.165) is 37.7 Å². The third-order valence-electron chi connectivity index (χ3n) is 6.25. The fourth-order valence-electron chi connectivity index (χ4n) is 4.97. The maximum atomic E-state index is 11.9. The molecule has 1 aromatic rings. The topological polar surface area (TPSA) is 54.4 Å². The summed E-state index contributed by atoms with van der Waals surface area (Å²) in [6, 6.07) is 6.00. The zero-order valence-electron chi connectivity index (χ0n) is 13.6. The summed E-state index contributed by atoms with van der Waals surface area (Å²) < 4.78 is 0. The van der Waals surface area contributed by atoms with Crippen molar-refractivity contribution in [3.8, 4) is 0 Å². The largest absolute Gasteiger partial charge is 0.481 e. The summed E-state index contributed by atoms with van der Waals surface area (Å²) >= 11 is 0. The molecule has 1 saturated carbocycles. The summed E-state index contributed by atoms with van der Waals surface area (Å²) in [5.74, 6) is -0.400. The van der Waals surface area contributed by atoms with Crippen LogP contribution in [0.25, 0.3) is 0 Å². The van der Waals surface area contributed by atoms with Crippen molar-refractivity contribution < 1.29 is 14.7 Å². The molecule has 3 rings (SSSR count). The lowest BCUT2D eigenvalue weighted by Crippen LogP contribution is -2.52. The minimum atomic E-state index is -0.660. The average molecular weight is 300 g/mol. The van der Waals surface area contributed by atoms with Gasteiger partial charge in [-0.05, 0) is 68.1 Å². The van der Waals surface area contributed by atoms with Crippen molar-refractivity contribution in [1.29, 1.82) is 0 Å². The Morgan fingerprint density at radius 2 is 1.95 bits per heavy atom. The first kappa shape index (κ1) is 15.3. The van der Waals surface area contributed by atoms with Crippen molar-refractivity contribution in [3.05, 3.63) is 34.9 Å². The highest BCUT2D eigenvalue weighted by molar-refractivity contribution is 5.94. The molecule has 22 heavy (non-hydrogen) atoms. The monoisotopic (exact) mass is 300 g/mol. The Balaban J connectivity index is 2.09. The Hall–Kier alpha value is -1.64. The van der Waals surface area contributed by atoms with E-state index in [1.54, 1.807) is 6.92 Å². The van der Waals surface area contributed by atoms with Crippen LogP contribution in [0.5, 0.6) is 0 Å². The van der Waals surface area contributed by atoms with E-state index in [2.05, 4.69) is 13.0 Å². The molecule has 0 spiro atoms. The molecule has 3 heteroatoms. The zero-order valence-corrected chi connectivity index (χ0v) is 13.6. The number of carboxylic acid groups (broad SMARTS) is 1. The molecular weight excluding hydrogens is 276 g/mol. The number of ketones is 1. The van der Waals surface area contributed by atoms with E-state index in [1.165, 1.54) is 11.1 Å². The van der Waals surface area contributed by atoms with Gasteiger partial charge in [-0.25, -0.2) is 0 Å². The quantitative estimate of drug-likeness (QED) is 0.840. The van der Waals surface area contributed by atoms with Crippen molar-refractivity contribution in [2.24, 2.45) is 11.3 Å². The molecule has 0 aromatic heterocycles. The first-order valence-electron chi connectivity index (χ1n) is 8.17. The van der Waals surface area contributed by atoms with Gasteiger partial charge in [-0.1, -0.05) is 25.5 Å². The summed E-state index contributed by atoms with van der Waals surface area (Å²) in [6.45, 7) is 5.74. The molecule has 0 saturated heterocycles. The van der Waals surface area contributed by atoms with Crippen molar-refractivity contribution in [1.82, 2.24) is 0 Å². The van der Waals surface area contributed by atoms with Gasteiger partial charge in [-0.2, -0.15) is 0 Å². The first-order valence-corrected chi connectivity index (χ1v) is 8.17. The van der Waals surface area contributed by atoms with Crippen LogP contribution < -0.4 is 0 Å². The van der Waals surface area contributed by atoms with Gasteiger partial charge in [0.15, 0.2) is 5.78 Å². The number of hydrogen-bond acceptors (Lipinski definition) is 2. The first-order chi connectivity index (χ1) is 10.3. The third kappa shape index (κ3) is 2.02. The second kappa shape index (κ2) is 4.94. The van der Waals surface area contributed by atoms with Gasteiger partial charge in [0.05, 0.1) is 5.41 Å². The minimum absolute atomic E-state index is 0.0890. The summed E-state index contributed by atoms with van der Waals surface area (Å²) in [5.41, 5.74) is 2.54. The fraction of sp³-hybridized carbons (Fsp3) is 0.579. The number of carbonyl (C=O) groups excluding carboxylic acids is 1. The molecule has 2 aliphatic carbocycles. The highest BCUT2D eigenvalue weighted by Crippen LogP contribution is 2.57. The molecule has 0 radical (unpaired) electrons. The number of aliphatic carboxylic acids is 1. The van der Waals surface area contributed by atoms with Crippen molar-refractivity contribution in [3.63, 3.8) is 0 Å². The molecule has 0 heterocycles. The lowest BCUT2D eigenvalue weighted by atomic mass is 9.50. The molecule has 3 atom stereocenters. The normalized spacial score (nSPS) is 33.7. The van der Waals surface area contributed by atoms with Crippen LogP contribution in [-0.4, -0.2) is 16.9 Å². The Morgan fingerprint density at radius 1 is 1.23 bits per heavy atom. The number of fused-ring (bicyclic) bond motifs is 3. The van der Waals surface area contributed by atoms with Gasteiger partial charge < -0.3 is 5.11 Å². The van der Waals surface area contributed by atoms with E-state index in [4.69, 9.17) is 0 Å². The number of Topliss-reactive ketones (excluding diaryl/α,β-unsaturated/α-hetero) is 1. The van der Waals surface area contributed by atoms with E-state index < -0.39 is 11.4 Å². The number of hydrogen-bond donors (Lipinski definition) is 1. The smallest absolute Gasteiger partial charge is 0.309 e. The molecule has 1 aromatic carbocycles. The van der Waals surface area contributed by atoms with Crippen LogP contribution in [0.4, 0.5) is 0 Å². The predicted molar refractivity (Wildman–Crippen MR) is 85.2 cm³/mol. The Kier molecular flexibility index (Phi) is 3.42. The van der Waals surface area contributed by atoms with Gasteiger partial charge in [-0.15, -0.1) is 0 Å². The predicted octanol–water partition coefficient (Wildman–Crippen LogP) is 3.98. The van der Waals surface area contributed by atoms with Gasteiger partial charge in [0.2, 0.25) is 0 Å². The zero-order chi connectivity index (χ0) is 16.1. The summed E-state index contributed by atoms with van der Waals surface area (Å²) in [4.78, 5) is 23.5. The molecule has 0 unspecified atom stereocenters. The molecule has 0 bridgehead atoms. The van der Waals surface area contributed by atoms with Gasteiger partial charge in [0.25, 0.3) is 0 Å². The van der Waals surface area contributed by atoms with Crippen molar-refractivity contribution in [2.75, 3.05) is 0 Å².